The first-order valence-electron chi connectivity index (χ1n) is 5.37. The molecule has 1 aromatic carbocycles. The normalized spacial score (nSPS) is 16.6. The molecule has 1 aliphatic heterocycles. The fourth-order valence-corrected chi connectivity index (χ4v) is 2.69. The monoisotopic (exact) mass is 252 g/mol. The first kappa shape index (κ1) is 12.4. The zero-order chi connectivity index (χ0) is 12.4. The third-order valence-electron chi connectivity index (χ3n) is 2.61. The van der Waals surface area contributed by atoms with E-state index in [4.69, 9.17) is 4.74 Å². The van der Waals surface area contributed by atoms with Crippen molar-refractivity contribution < 1.29 is 9.53 Å². The van der Waals surface area contributed by atoms with Gasteiger partial charge in [0.25, 0.3) is 0 Å². The van der Waals surface area contributed by atoms with Crippen LogP contribution in [0.5, 0.6) is 0 Å². The molecule has 0 radical (unpaired) electrons. The van der Waals surface area contributed by atoms with Gasteiger partial charge in [-0.2, -0.15) is 0 Å². The van der Waals surface area contributed by atoms with E-state index in [2.05, 4.69) is 5.32 Å². The topological polar surface area (TPSA) is 41.6 Å². The molecule has 0 aliphatic carbocycles. The maximum absolute atomic E-state index is 11.3. The zero-order valence-electron chi connectivity index (χ0n) is 10.2. The maximum Gasteiger partial charge on any atom is 0.234 e. The zero-order valence-corrected chi connectivity index (χ0v) is 11.0. The van der Waals surface area contributed by atoms with E-state index in [1.54, 1.807) is 18.9 Å². The van der Waals surface area contributed by atoms with Crippen LogP contribution in [-0.4, -0.2) is 37.8 Å². The minimum absolute atomic E-state index is 0.0541. The second-order valence-corrected chi connectivity index (χ2v) is 5.16. The smallest absolute Gasteiger partial charge is 0.234 e. The molecule has 0 fully saturated rings. The van der Waals surface area contributed by atoms with Gasteiger partial charge in [-0.15, -0.1) is 11.8 Å². The van der Waals surface area contributed by atoms with Crippen LogP contribution in [0.4, 0.5) is 5.69 Å². The molecule has 2 rings (SSSR count). The van der Waals surface area contributed by atoms with Gasteiger partial charge in [-0.3, -0.25) is 9.69 Å². The van der Waals surface area contributed by atoms with Crippen molar-refractivity contribution in [3.8, 4) is 0 Å². The van der Waals surface area contributed by atoms with Crippen molar-refractivity contribution in [2.75, 3.05) is 32.3 Å². The number of benzene rings is 1. The second kappa shape index (κ2) is 5.08. The molecule has 1 unspecified atom stereocenters. The highest BCUT2D eigenvalue weighted by Crippen LogP contribution is 2.34. The highest BCUT2D eigenvalue weighted by Gasteiger charge is 2.19. The van der Waals surface area contributed by atoms with E-state index in [1.165, 1.54) is 0 Å². The number of fused-ring (bicyclic) bond motifs is 1. The summed E-state index contributed by atoms with van der Waals surface area (Å²) >= 11 is 1.57. The number of hydrogen-bond acceptors (Lipinski definition) is 4. The van der Waals surface area contributed by atoms with Gasteiger partial charge in [-0.25, -0.2) is 0 Å². The van der Waals surface area contributed by atoms with E-state index in [0.717, 1.165) is 16.1 Å². The summed E-state index contributed by atoms with van der Waals surface area (Å²) in [6.45, 7) is 0. The van der Waals surface area contributed by atoms with E-state index < -0.39 is 0 Å². The van der Waals surface area contributed by atoms with Crippen LogP contribution in [0, 0.1) is 0 Å². The molecule has 0 saturated carbocycles. The fraction of sp³-hybridized carbons (Fsp3) is 0.417. The van der Waals surface area contributed by atoms with E-state index in [-0.39, 0.29) is 12.1 Å². The Labute approximate surface area is 105 Å². The van der Waals surface area contributed by atoms with Gasteiger partial charge in [0.2, 0.25) is 5.91 Å². The Hall–Kier alpha value is -1.04. The Morgan fingerprint density at radius 2 is 2.24 bits per heavy atom. The van der Waals surface area contributed by atoms with Crippen LogP contribution >= 0.6 is 11.8 Å². The third-order valence-corrected chi connectivity index (χ3v) is 3.69. The molecule has 0 aromatic heterocycles. The Kier molecular flexibility index (Phi) is 3.71. The van der Waals surface area contributed by atoms with Crippen molar-refractivity contribution in [2.24, 2.45) is 0 Å². The summed E-state index contributed by atoms with van der Waals surface area (Å²) in [5.41, 5.74) is 1.92. The summed E-state index contributed by atoms with van der Waals surface area (Å²) in [4.78, 5) is 14.4. The molecule has 4 nitrogen and oxygen atoms in total. The van der Waals surface area contributed by atoms with Gasteiger partial charge in [0.1, 0.15) is 6.23 Å². The first-order chi connectivity index (χ1) is 8.11. The predicted molar refractivity (Wildman–Crippen MR) is 69.2 cm³/mol. The summed E-state index contributed by atoms with van der Waals surface area (Å²) in [7, 11) is 5.60. The predicted octanol–water partition coefficient (Wildman–Crippen LogP) is 1.94. The molecule has 1 atom stereocenters. The number of anilines is 1. The van der Waals surface area contributed by atoms with Crippen molar-refractivity contribution >= 4 is 23.4 Å². The lowest BCUT2D eigenvalue weighted by Crippen LogP contribution is -2.23. The molecule has 92 valence electrons. The summed E-state index contributed by atoms with van der Waals surface area (Å²) in [5.74, 6) is 0.548. The average molecular weight is 252 g/mol. The number of nitrogens with one attached hydrogen (secondary N) is 1. The van der Waals surface area contributed by atoms with Crippen molar-refractivity contribution in [1.82, 2.24) is 4.90 Å². The standard InChI is InChI=1S/C12H16N2O2S/c1-14(2)12(16-3)8-4-5-10-9(6-8)13-11(15)7-17-10/h4-6,12H,7H2,1-3H3,(H,13,15). The van der Waals surface area contributed by atoms with Gasteiger partial charge in [0.15, 0.2) is 0 Å². The number of carbonyl (C=O) groups excluding carboxylic acids is 1. The molecule has 1 aliphatic rings. The minimum Gasteiger partial charge on any atom is -0.362 e. The van der Waals surface area contributed by atoms with Crippen LogP contribution in [-0.2, 0) is 9.53 Å². The highest BCUT2D eigenvalue weighted by atomic mass is 32.2. The molecule has 0 saturated heterocycles. The number of rotatable bonds is 3. The number of ether oxygens (including phenoxy) is 1. The third kappa shape index (κ3) is 2.62. The Morgan fingerprint density at radius 1 is 1.47 bits per heavy atom. The molecular weight excluding hydrogens is 236 g/mol. The Balaban J connectivity index is 2.32. The van der Waals surface area contributed by atoms with Crippen LogP contribution in [0.25, 0.3) is 0 Å². The molecule has 1 N–H and O–H groups in total. The van der Waals surface area contributed by atoms with Crippen molar-refractivity contribution in [2.45, 2.75) is 11.1 Å². The fourth-order valence-electron chi connectivity index (χ4n) is 1.90. The van der Waals surface area contributed by atoms with Crippen molar-refractivity contribution in [3.63, 3.8) is 0 Å². The van der Waals surface area contributed by atoms with Gasteiger partial charge < -0.3 is 10.1 Å². The van der Waals surface area contributed by atoms with Gasteiger partial charge in [0, 0.05) is 12.0 Å². The number of amides is 1. The van der Waals surface area contributed by atoms with Gasteiger partial charge in [-0.1, -0.05) is 6.07 Å². The van der Waals surface area contributed by atoms with E-state index >= 15 is 0 Å². The molecule has 17 heavy (non-hydrogen) atoms. The highest BCUT2D eigenvalue weighted by molar-refractivity contribution is 8.00. The summed E-state index contributed by atoms with van der Waals surface area (Å²) < 4.78 is 5.42. The lowest BCUT2D eigenvalue weighted by atomic mass is 10.1. The van der Waals surface area contributed by atoms with Crippen LogP contribution in [0.3, 0.4) is 0 Å². The molecular formula is C12H16N2O2S. The largest absolute Gasteiger partial charge is 0.362 e. The lowest BCUT2D eigenvalue weighted by Gasteiger charge is -2.25. The van der Waals surface area contributed by atoms with Crippen molar-refractivity contribution in [1.29, 1.82) is 0 Å². The van der Waals surface area contributed by atoms with Gasteiger partial charge in [-0.05, 0) is 31.8 Å². The summed E-state index contributed by atoms with van der Waals surface area (Å²) in [6.07, 6.45) is -0.0934. The Bertz CT molecular complexity index is 435. The van der Waals surface area contributed by atoms with Crippen LogP contribution in [0.2, 0.25) is 0 Å². The van der Waals surface area contributed by atoms with E-state index in [9.17, 15) is 4.79 Å². The van der Waals surface area contributed by atoms with Gasteiger partial charge in [0.05, 0.1) is 11.4 Å². The average Bonchev–Trinajstić information content (AvgIpc) is 2.29. The maximum atomic E-state index is 11.3. The first-order valence-corrected chi connectivity index (χ1v) is 6.36. The summed E-state index contributed by atoms with van der Waals surface area (Å²) in [5, 5.41) is 2.88. The molecule has 1 amide bonds. The molecule has 5 heteroatoms. The minimum atomic E-state index is -0.0934. The van der Waals surface area contributed by atoms with Gasteiger partial charge >= 0.3 is 0 Å². The summed E-state index contributed by atoms with van der Waals surface area (Å²) in [6, 6.07) is 6.05. The second-order valence-electron chi connectivity index (χ2n) is 4.14. The van der Waals surface area contributed by atoms with Crippen LogP contribution in [0.15, 0.2) is 23.1 Å². The van der Waals surface area contributed by atoms with Crippen LogP contribution in [0.1, 0.15) is 11.8 Å². The number of nitrogens with zero attached hydrogens (tertiary/aromatic N) is 1. The van der Waals surface area contributed by atoms with E-state index in [1.807, 2.05) is 37.2 Å². The number of methoxy groups -OCH3 is 1. The number of carbonyl (C=O) groups is 1. The molecule has 0 spiro atoms. The van der Waals surface area contributed by atoms with Crippen LogP contribution < -0.4 is 5.32 Å². The quantitative estimate of drug-likeness (QED) is 0.835. The number of thioether (sulfide) groups is 1. The van der Waals surface area contributed by atoms with E-state index in [0.29, 0.717) is 5.75 Å². The molecule has 0 bridgehead atoms. The molecule has 1 heterocycles. The van der Waals surface area contributed by atoms with Crippen molar-refractivity contribution in [3.05, 3.63) is 23.8 Å². The number of hydrogen-bond donors (Lipinski definition) is 1. The Morgan fingerprint density at radius 3 is 2.88 bits per heavy atom. The lowest BCUT2D eigenvalue weighted by molar-refractivity contribution is -0.113. The molecule has 1 aromatic rings. The SMILES string of the molecule is COC(c1ccc2c(c1)NC(=O)CS2)N(C)C.